The molecule has 1 aliphatic heterocycles. The molecule has 0 radical (unpaired) electrons. The van der Waals surface area contributed by atoms with Crippen molar-refractivity contribution in [2.45, 2.75) is 44.4 Å². The Morgan fingerprint density at radius 2 is 1.59 bits per heavy atom. The van der Waals surface area contributed by atoms with Gasteiger partial charge in [-0.25, -0.2) is 0 Å². The average Bonchev–Trinajstić information content (AvgIpc) is 3.01. The van der Waals surface area contributed by atoms with Gasteiger partial charge in [0.1, 0.15) is 5.37 Å². The van der Waals surface area contributed by atoms with E-state index < -0.39 is 0 Å². The Bertz CT molecular complexity index is 512. The summed E-state index contributed by atoms with van der Waals surface area (Å²) in [6, 6.07) is 17.0. The van der Waals surface area contributed by atoms with E-state index in [9.17, 15) is 0 Å². The molecular formula is C19H28N2S. The third-order valence-corrected chi connectivity index (χ3v) is 4.16. The number of hydrogen-bond donors (Lipinski definition) is 2. The van der Waals surface area contributed by atoms with E-state index in [-0.39, 0.29) is 0 Å². The van der Waals surface area contributed by atoms with Crippen LogP contribution in [0.15, 0.2) is 53.4 Å². The highest BCUT2D eigenvalue weighted by atomic mass is 32.2. The predicted molar refractivity (Wildman–Crippen MR) is 102 cm³/mol. The third kappa shape index (κ3) is 4.99. The van der Waals surface area contributed by atoms with E-state index in [2.05, 4.69) is 73.0 Å². The minimum Gasteiger partial charge on any atom is -0.388 e. The standard InChI is InChI=1S/C14H14N2S.C3H8.C2H6/c1-15-11-8-6-10(7-9-11)14-16-12-4-2-3-5-13(12)17-14;1-3-2;1-2/h2-9,14-16H,1H3;3H2,1-2H3;1-2H3. The van der Waals surface area contributed by atoms with Crippen molar-refractivity contribution in [3.8, 4) is 0 Å². The Labute approximate surface area is 139 Å². The second kappa shape index (κ2) is 10.2. The second-order valence-corrected chi connectivity index (χ2v) is 5.86. The fourth-order valence-corrected chi connectivity index (χ4v) is 3.11. The van der Waals surface area contributed by atoms with E-state index in [1.165, 1.54) is 22.6 Å². The van der Waals surface area contributed by atoms with Crippen LogP contribution in [0.4, 0.5) is 11.4 Å². The van der Waals surface area contributed by atoms with Gasteiger partial charge in [-0.1, -0.05) is 70.1 Å². The van der Waals surface area contributed by atoms with Crippen molar-refractivity contribution in [3.63, 3.8) is 0 Å². The molecule has 2 aromatic carbocycles. The van der Waals surface area contributed by atoms with E-state index in [0.29, 0.717) is 5.37 Å². The lowest BCUT2D eigenvalue weighted by molar-refractivity contribution is 1.09. The van der Waals surface area contributed by atoms with Gasteiger partial charge in [-0.05, 0) is 29.8 Å². The molecule has 3 heteroatoms. The van der Waals surface area contributed by atoms with Crippen LogP contribution in [0.1, 0.15) is 45.1 Å². The van der Waals surface area contributed by atoms with Crippen molar-refractivity contribution in [1.29, 1.82) is 0 Å². The molecule has 22 heavy (non-hydrogen) atoms. The van der Waals surface area contributed by atoms with Crippen molar-refractivity contribution >= 4 is 23.1 Å². The molecule has 0 fully saturated rings. The molecule has 0 spiro atoms. The molecule has 0 bridgehead atoms. The summed E-state index contributed by atoms with van der Waals surface area (Å²) < 4.78 is 0. The highest BCUT2D eigenvalue weighted by Crippen LogP contribution is 2.46. The van der Waals surface area contributed by atoms with Gasteiger partial charge in [-0.15, -0.1) is 0 Å². The molecule has 1 aliphatic rings. The smallest absolute Gasteiger partial charge is 0.103 e. The Kier molecular flexibility index (Phi) is 8.53. The van der Waals surface area contributed by atoms with Crippen LogP contribution in [0.25, 0.3) is 0 Å². The molecule has 2 N–H and O–H groups in total. The zero-order valence-corrected chi connectivity index (χ0v) is 15.1. The summed E-state index contributed by atoms with van der Waals surface area (Å²) >= 11 is 1.87. The number of thioether (sulfide) groups is 1. The molecule has 2 aromatic rings. The molecule has 0 amide bonds. The number of nitrogens with one attached hydrogen (secondary N) is 2. The predicted octanol–water partition coefficient (Wildman–Crippen LogP) is 6.39. The van der Waals surface area contributed by atoms with Crippen LogP contribution in [0, 0.1) is 0 Å². The van der Waals surface area contributed by atoms with Gasteiger partial charge in [-0.2, -0.15) is 0 Å². The summed E-state index contributed by atoms with van der Waals surface area (Å²) in [5.41, 5.74) is 3.69. The normalized spacial score (nSPS) is 14.5. The minimum atomic E-state index is 0.332. The summed E-state index contributed by atoms with van der Waals surface area (Å²) in [6.07, 6.45) is 1.25. The van der Waals surface area contributed by atoms with Gasteiger partial charge in [0.2, 0.25) is 0 Å². The minimum absolute atomic E-state index is 0.332. The van der Waals surface area contributed by atoms with Crippen LogP contribution in [0.2, 0.25) is 0 Å². The molecule has 0 aliphatic carbocycles. The molecular weight excluding hydrogens is 288 g/mol. The molecule has 0 aromatic heterocycles. The topological polar surface area (TPSA) is 24.1 Å². The lowest BCUT2D eigenvalue weighted by atomic mass is 10.2. The van der Waals surface area contributed by atoms with Crippen molar-refractivity contribution in [1.82, 2.24) is 0 Å². The summed E-state index contributed by atoms with van der Waals surface area (Å²) in [5.74, 6) is 0. The van der Waals surface area contributed by atoms with Crippen molar-refractivity contribution in [2.24, 2.45) is 0 Å². The zero-order valence-electron chi connectivity index (χ0n) is 14.3. The molecule has 1 unspecified atom stereocenters. The van der Waals surface area contributed by atoms with E-state index in [1.807, 2.05) is 32.7 Å². The fourth-order valence-electron chi connectivity index (χ4n) is 1.96. The average molecular weight is 317 g/mol. The molecule has 120 valence electrons. The van der Waals surface area contributed by atoms with Crippen LogP contribution in [0.5, 0.6) is 0 Å². The lowest BCUT2D eigenvalue weighted by Crippen LogP contribution is -2.01. The Morgan fingerprint density at radius 3 is 2.14 bits per heavy atom. The van der Waals surface area contributed by atoms with Crippen molar-refractivity contribution in [3.05, 3.63) is 54.1 Å². The first-order valence-electron chi connectivity index (χ1n) is 8.08. The Hall–Kier alpha value is -1.61. The van der Waals surface area contributed by atoms with Gasteiger partial charge in [0.05, 0.1) is 0 Å². The number of para-hydroxylation sites is 1. The molecule has 3 rings (SSSR count). The van der Waals surface area contributed by atoms with Crippen LogP contribution in [0.3, 0.4) is 0 Å². The first kappa shape index (κ1) is 18.4. The van der Waals surface area contributed by atoms with Gasteiger partial charge in [0.25, 0.3) is 0 Å². The van der Waals surface area contributed by atoms with Gasteiger partial charge in [0.15, 0.2) is 0 Å². The zero-order chi connectivity index (χ0) is 16.4. The first-order chi connectivity index (χ1) is 10.8. The summed E-state index contributed by atoms with van der Waals surface area (Å²) in [6.45, 7) is 8.25. The molecule has 0 saturated heterocycles. The van der Waals surface area contributed by atoms with Crippen LogP contribution < -0.4 is 10.6 Å². The maximum absolute atomic E-state index is 3.53. The van der Waals surface area contributed by atoms with Crippen LogP contribution >= 0.6 is 11.8 Å². The summed E-state index contributed by atoms with van der Waals surface area (Å²) in [5, 5.41) is 7.00. The quantitative estimate of drug-likeness (QED) is 0.671. The maximum atomic E-state index is 3.53. The van der Waals surface area contributed by atoms with Crippen LogP contribution in [-0.4, -0.2) is 7.05 Å². The van der Waals surface area contributed by atoms with E-state index in [1.54, 1.807) is 0 Å². The number of hydrogen-bond acceptors (Lipinski definition) is 3. The SMILES string of the molecule is CC.CCC.CNc1ccc(C2Nc3ccccc3S2)cc1. The van der Waals surface area contributed by atoms with E-state index in [0.717, 1.165) is 5.69 Å². The first-order valence-corrected chi connectivity index (χ1v) is 8.96. The number of rotatable bonds is 2. The Morgan fingerprint density at radius 1 is 1.00 bits per heavy atom. The van der Waals surface area contributed by atoms with Crippen LogP contribution in [-0.2, 0) is 0 Å². The Balaban J connectivity index is 0.000000435. The van der Waals surface area contributed by atoms with Gasteiger partial charge in [-0.3, -0.25) is 0 Å². The molecule has 1 heterocycles. The molecule has 2 nitrogen and oxygen atoms in total. The highest BCUT2D eigenvalue weighted by Gasteiger charge is 2.21. The summed E-state index contributed by atoms with van der Waals surface area (Å²) in [4.78, 5) is 1.33. The second-order valence-electron chi connectivity index (χ2n) is 4.72. The molecule has 1 atom stereocenters. The molecule has 0 saturated carbocycles. The third-order valence-electron chi connectivity index (χ3n) is 2.92. The van der Waals surface area contributed by atoms with E-state index >= 15 is 0 Å². The number of fused-ring (bicyclic) bond motifs is 1. The fraction of sp³-hybridized carbons (Fsp3) is 0.368. The lowest BCUT2D eigenvalue weighted by Gasteiger charge is -2.11. The highest BCUT2D eigenvalue weighted by molar-refractivity contribution is 8.00. The van der Waals surface area contributed by atoms with Gasteiger partial charge < -0.3 is 10.6 Å². The number of anilines is 2. The number of benzene rings is 2. The van der Waals surface area contributed by atoms with Crippen molar-refractivity contribution < 1.29 is 0 Å². The largest absolute Gasteiger partial charge is 0.388 e. The monoisotopic (exact) mass is 316 g/mol. The summed E-state index contributed by atoms with van der Waals surface area (Å²) in [7, 11) is 1.94. The van der Waals surface area contributed by atoms with Gasteiger partial charge >= 0.3 is 0 Å². The van der Waals surface area contributed by atoms with Crippen molar-refractivity contribution in [2.75, 3.05) is 17.7 Å². The van der Waals surface area contributed by atoms with E-state index in [4.69, 9.17) is 0 Å². The maximum Gasteiger partial charge on any atom is 0.103 e. The van der Waals surface area contributed by atoms with Gasteiger partial charge in [0, 0.05) is 23.3 Å².